The average molecular weight is 285 g/mol. The minimum Gasteiger partial charge on any atom is -0.333 e. The second-order valence-electron chi connectivity index (χ2n) is 4.56. The topological polar surface area (TPSA) is 75.5 Å². The quantitative estimate of drug-likeness (QED) is 0.656. The minimum absolute atomic E-state index is 0.241. The molecule has 0 bridgehead atoms. The fraction of sp³-hybridized carbons (Fsp3) is 0.417. The predicted octanol–water partition coefficient (Wildman–Crippen LogP) is 1.31. The van der Waals surface area contributed by atoms with E-state index in [-0.39, 0.29) is 6.04 Å². The van der Waals surface area contributed by atoms with Gasteiger partial charge in [-0.3, -0.25) is 14.9 Å². The van der Waals surface area contributed by atoms with E-state index in [9.17, 15) is 23.7 Å². The zero-order chi connectivity index (χ0) is 14.9. The Balaban J connectivity index is 2.43. The second kappa shape index (κ2) is 5.49. The molecule has 1 aliphatic rings. The van der Waals surface area contributed by atoms with E-state index < -0.39 is 33.7 Å². The fourth-order valence-electron chi connectivity index (χ4n) is 2.16. The van der Waals surface area contributed by atoms with Crippen LogP contribution in [0.5, 0.6) is 0 Å². The molecule has 1 amide bonds. The molecule has 1 N–H and O–H groups in total. The van der Waals surface area contributed by atoms with Crippen molar-refractivity contribution in [1.29, 1.82) is 0 Å². The highest BCUT2D eigenvalue weighted by Crippen LogP contribution is 2.25. The standard InChI is InChI=1S/C12H13F2N3O3/c1-7-6-15-4-5-16(7)12(18)10-8(13)2-3-9(11(10)14)17(19)20/h2-3,7,15H,4-6H2,1H3. The van der Waals surface area contributed by atoms with Crippen LogP contribution in [-0.2, 0) is 0 Å². The molecule has 0 aliphatic carbocycles. The number of piperazine rings is 1. The van der Waals surface area contributed by atoms with Crippen molar-refractivity contribution in [2.75, 3.05) is 19.6 Å². The van der Waals surface area contributed by atoms with E-state index in [1.54, 1.807) is 6.92 Å². The number of carbonyl (C=O) groups excluding carboxylic acids is 1. The normalized spacial score (nSPS) is 18.9. The maximum atomic E-state index is 14.0. The summed E-state index contributed by atoms with van der Waals surface area (Å²) >= 11 is 0. The van der Waals surface area contributed by atoms with Crippen molar-refractivity contribution >= 4 is 11.6 Å². The summed E-state index contributed by atoms with van der Waals surface area (Å²) in [5.74, 6) is -3.38. The lowest BCUT2D eigenvalue weighted by atomic mass is 10.1. The van der Waals surface area contributed by atoms with Gasteiger partial charge in [-0.05, 0) is 13.0 Å². The summed E-state index contributed by atoms with van der Waals surface area (Å²) in [6.07, 6.45) is 0. The van der Waals surface area contributed by atoms with Gasteiger partial charge in [0.25, 0.3) is 5.91 Å². The Kier molecular flexibility index (Phi) is 3.93. The van der Waals surface area contributed by atoms with Crippen LogP contribution in [0, 0.1) is 21.7 Å². The number of hydrogen-bond donors (Lipinski definition) is 1. The highest BCUT2D eigenvalue weighted by Gasteiger charge is 2.32. The van der Waals surface area contributed by atoms with Gasteiger partial charge < -0.3 is 10.2 Å². The van der Waals surface area contributed by atoms with Crippen LogP contribution in [0.3, 0.4) is 0 Å². The van der Waals surface area contributed by atoms with Crippen LogP contribution >= 0.6 is 0 Å². The lowest BCUT2D eigenvalue weighted by molar-refractivity contribution is -0.387. The summed E-state index contributed by atoms with van der Waals surface area (Å²) < 4.78 is 27.7. The first-order valence-corrected chi connectivity index (χ1v) is 6.07. The first-order chi connectivity index (χ1) is 9.43. The lowest BCUT2D eigenvalue weighted by Crippen LogP contribution is -2.52. The Bertz CT molecular complexity index is 565. The number of amides is 1. The van der Waals surface area contributed by atoms with E-state index in [0.717, 1.165) is 6.07 Å². The predicted molar refractivity (Wildman–Crippen MR) is 66.4 cm³/mol. The number of benzene rings is 1. The van der Waals surface area contributed by atoms with Gasteiger partial charge in [-0.15, -0.1) is 0 Å². The van der Waals surface area contributed by atoms with Crippen molar-refractivity contribution in [1.82, 2.24) is 10.2 Å². The molecule has 0 spiro atoms. The van der Waals surface area contributed by atoms with E-state index in [4.69, 9.17) is 0 Å². The molecule has 0 aromatic heterocycles. The van der Waals surface area contributed by atoms with Gasteiger partial charge in [-0.1, -0.05) is 0 Å². The van der Waals surface area contributed by atoms with Gasteiger partial charge in [0.15, 0.2) is 0 Å². The van der Waals surface area contributed by atoms with Crippen LogP contribution in [0.4, 0.5) is 14.5 Å². The Morgan fingerprint density at radius 3 is 2.80 bits per heavy atom. The van der Waals surface area contributed by atoms with Crippen LogP contribution in [0.15, 0.2) is 12.1 Å². The average Bonchev–Trinajstić information content (AvgIpc) is 2.38. The molecule has 1 atom stereocenters. The van der Waals surface area contributed by atoms with Gasteiger partial charge >= 0.3 is 5.69 Å². The van der Waals surface area contributed by atoms with Crippen molar-refractivity contribution in [3.63, 3.8) is 0 Å². The number of nitrogens with zero attached hydrogens (tertiary/aromatic N) is 2. The maximum absolute atomic E-state index is 14.0. The van der Waals surface area contributed by atoms with E-state index in [1.165, 1.54) is 4.90 Å². The molecule has 1 fully saturated rings. The maximum Gasteiger partial charge on any atom is 0.305 e. The third-order valence-corrected chi connectivity index (χ3v) is 3.24. The van der Waals surface area contributed by atoms with Crippen LogP contribution in [-0.4, -0.2) is 41.4 Å². The Labute approximate surface area is 113 Å². The number of rotatable bonds is 2. The zero-order valence-electron chi connectivity index (χ0n) is 10.7. The fourth-order valence-corrected chi connectivity index (χ4v) is 2.16. The van der Waals surface area contributed by atoms with Gasteiger partial charge in [-0.25, -0.2) is 4.39 Å². The molecular formula is C12H13F2N3O3. The molecule has 1 unspecified atom stereocenters. The minimum atomic E-state index is -1.43. The molecule has 1 heterocycles. The van der Waals surface area contributed by atoms with Gasteiger partial charge in [0.05, 0.1) is 4.92 Å². The molecule has 2 rings (SSSR count). The zero-order valence-corrected chi connectivity index (χ0v) is 10.7. The first kappa shape index (κ1) is 14.3. The number of halogens is 2. The van der Waals surface area contributed by atoms with E-state index in [1.807, 2.05) is 0 Å². The van der Waals surface area contributed by atoms with Gasteiger partial charge in [0.2, 0.25) is 5.82 Å². The summed E-state index contributed by atoms with van der Waals surface area (Å²) in [6.45, 7) is 3.04. The third kappa shape index (κ3) is 2.46. The number of nitrogens with one attached hydrogen (secondary N) is 1. The molecule has 0 saturated carbocycles. The van der Waals surface area contributed by atoms with Crippen molar-refractivity contribution in [2.45, 2.75) is 13.0 Å². The Morgan fingerprint density at radius 1 is 1.50 bits per heavy atom. The van der Waals surface area contributed by atoms with Crippen LogP contribution in [0.25, 0.3) is 0 Å². The molecule has 1 aromatic carbocycles. The van der Waals surface area contributed by atoms with E-state index in [0.29, 0.717) is 25.7 Å². The highest BCUT2D eigenvalue weighted by atomic mass is 19.1. The van der Waals surface area contributed by atoms with E-state index in [2.05, 4.69) is 5.32 Å². The third-order valence-electron chi connectivity index (χ3n) is 3.24. The largest absolute Gasteiger partial charge is 0.333 e. The Hall–Kier alpha value is -2.09. The van der Waals surface area contributed by atoms with Crippen molar-refractivity contribution in [3.8, 4) is 0 Å². The Morgan fingerprint density at radius 2 is 2.20 bits per heavy atom. The molecule has 1 aliphatic heterocycles. The smallest absolute Gasteiger partial charge is 0.305 e. The van der Waals surface area contributed by atoms with Gasteiger partial charge in [0, 0.05) is 31.7 Å². The SMILES string of the molecule is CC1CNCCN1C(=O)c1c(F)ccc([N+](=O)[O-])c1F. The number of hydrogen-bond acceptors (Lipinski definition) is 4. The van der Waals surface area contributed by atoms with Gasteiger partial charge in [-0.2, -0.15) is 4.39 Å². The molecule has 8 heteroatoms. The van der Waals surface area contributed by atoms with Crippen molar-refractivity contribution in [3.05, 3.63) is 39.4 Å². The molecule has 1 saturated heterocycles. The first-order valence-electron chi connectivity index (χ1n) is 6.07. The van der Waals surface area contributed by atoms with Gasteiger partial charge in [0.1, 0.15) is 11.4 Å². The summed E-state index contributed by atoms with van der Waals surface area (Å²) in [7, 11) is 0. The summed E-state index contributed by atoms with van der Waals surface area (Å²) in [4.78, 5) is 23.2. The van der Waals surface area contributed by atoms with Crippen LogP contribution < -0.4 is 5.32 Å². The van der Waals surface area contributed by atoms with E-state index >= 15 is 0 Å². The van der Waals surface area contributed by atoms with Crippen molar-refractivity contribution < 1.29 is 18.5 Å². The lowest BCUT2D eigenvalue weighted by Gasteiger charge is -2.34. The summed E-state index contributed by atoms with van der Waals surface area (Å²) in [5.41, 5.74) is -1.77. The summed E-state index contributed by atoms with van der Waals surface area (Å²) in [5, 5.41) is 13.7. The molecule has 6 nitrogen and oxygen atoms in total. The summed E-state index contributed by atoms with van der Waals surface area (Å²) in [6, 6.07) is 1.21. The number of carbonyl (C=O) groups is 1. The molecule has 1 aromatic rings. The van der Waals surface area contributed by atoms with Crippen LogP contribution in [0.2, 0.25) is 0 Å². The molecular weight excluding hydrogens is 272 g/mol. The van der Waals surface area contributed by atoms with Crippen molar-refractivity contribution in [2.24, 2.45) is 0 Å². The number of nitro groups is 1. The van der Waals surface area contributed by atoms with Crippen LogP contribution in [0.1, 0.15) is 17.3 Å². The highest BCUT2D eigenvalue weighted by molar-refractivity contribution is 5.95. The molecule has 20 heavy (non-hydrogen) atoms. The molecule has 108 valence electrons. The molecule has 0 radical (unpaired) electrons. The monoisotopic (exact) mass is 285 g/mol. The second-order valence-corrected chi connectivity index (χ2v) is 4.56. The number of nitro benzene ring substituents is 1.